The summed E-state index contributed by atoms with van der Waals surface area (Å²) in [6.07, 6.45) is 13.8. The van der Waals surface area contributed by atoms with Gasteiger partial charge in [-0.3, -0.25) is 0 Å². The Morgan fingerprint density at radius 1 is 0.406 bits per heavy atom. The smallest absolute Gasteiger partial charge is 0.344 e. The molecule has 0 bridgehead atoms. The third-order valence-electron chi connectivity index (χ3n) is 12.9. The van der Waals surface area contributed by atoms with Crippen LogP contribution < -0.4 is 9.47 Å². The van der Waals surface area contributed by atoms with Gasteiger partial charge < -0.3 is 18.9 Å². The van der Waals surface area contributed by atoms with Crippen LogP contribution in [0.1, 0.15) is 77.0 Å². The van der Waals surface area contributed by atoms with E-state index in [0.29, 0.717) is 17.4 Å². The van der Waals surface area contributed by atoms with Crippen molar-refractivity contribution in [1.29, 1.82) is 0 Å². The van der Waals surface area contributed by atoms with Crippen LogP contribution in [-0.2, 0) is 40.9 Å². The lowest BCUT2D eigenvalue weighted by molar-refractivity contribution is -0.155. The molecule has 0 heterocycles. The van der Waals surface area contributed by atoms with Gasteiger partial charge in [-0.05, 0) is 171 Å². The van der Waals surface area contributed by atoms with E-state index in [0.717, 1.165) is 60.5 Å². The zero-order valence-electron chi connectivity index (χ0n) is 36.5. The molecule has 5 unspecified atom stereocenters. The van der Waals surface area contributed by atoms with Crippen molar-refractivity contribution in [2.24, 2.45) is 11.8 Å². The van der Waals surface area contributed by atoms with Gasteiger partial charge >= 0.3 is 11.9 Å². The van der Waals surface area contributed by atoms with Crippen molar-refractivity contribution in [3.05, 3.63) is 158 Å². The summed E-state index contributed by atoms with van der Waals surface area (Å²) in [4.78, 5) is 32.6. The minimum atomic E-state index is -0.378. The number of carbonyl (C=O) groups is 2. The molecule has 9 rings (SSSR count). The Labute approximate surface area is 384 Å². The van der Waals surface area contributed by atoms with Crippen LogP contribution in [0.25, 0.3) is 11.1 Å². The van der Waals surface area contributed by atoms with E-state index in [-0.39, 0.29) is 59.2 Å². The van der Waals surface area contributed by atoms with Gasteiger partial charge in [0.25, 0.3) is 0 Å². The molecule has 6 nitrogen and oxygen atoms in total. The lowest BCUT2D eigenvalue weighted by Crippen LogP contribution is -2.34. The molecule has 3 saturated carbocycles. The molecule has 0 N–H and O–H groups in total. The van der Waals surface area contributed by atoms with E-state index in [9.17, 15) is 9.59 Å². The van der Waals surface area contributed by atoms with Crippen molar-refractivity contribution in [2.75, 3.05) is 13.2 Å². The Hall–Kier alpha value is -5.44. The molecule has 3 fully saturated rings. The third kappa shape index (κ3) is 11.3. The van der Waals surface area contributed by atoms with Crippen molar-refractivity contribution >= 4 is 33.7 Å². The summed E-state index contributed by atoms with van der Waals surface area (Å²) >= 11 is 0. The lowest BCUT2D eigenvalue weighted by atomic mass is 9.70. The second kappa shape index (κ2) is 21.5. The number of fused-ring (bicyclic) bond motifs is 1. The van der Waals surface area contributed by atoms with Crippen molar-refractivity contribution in [1.82, 2.24) is 0 Å². The highest BCUT2D eigenvalue weighted by Crippen LogP contribution is 2.42. The van der Waals surface area contributed by atoms with Gasteiger partial charge in [-0.1, -0.05) is 80.6 Å². The van der Waals surface area contributed by atoms with E-state index in [1.807, 2.05) is 24.3 Å². The highest BCUT2D eigenvalue weighted by atomic mass is 32.2. The molecular weight excluding hydrogens is 833 g/mol. The quantitative estimate of drug-likeness (QED) is 0.0755. The Balaban J connectivity index is 0.875. The molecule has 6 aromatic rings. The lowest BCUT2D eigenvalue weighted by Gasteiger charge is -2.38. The monoisotopic (exact) mass is 890 g/mol. The van der Waals surface area contributed by atoms with Gasteiger partial charge in [-0.25, -0.2) is 9.59 Å². The van der Waals surface area contributed by atoms with Gasteiger partial charge in [-0.15, -0.1) is 0 Å². The summed E-state index contributed by atoms with van der Waals surface area (Å²) in [6, 6.07) is 55.4. The predicted octanol–water partition coefficient (Wildman–Crippen LogP) is 13.1. The number of hydrogen-bond donors (Lipinski definition) is 0. The number of rotatable bonds is 15. The largest absolute Gasteiger partial charge is 0.482 e. The third-order valence-corrected chi connectivity index (χ3v) is 17.4. The normalized spacial score (nSPS) is 19.7. The molecule has 0 aromatic heterocycles. The topological polar surface area (TPSA) is 71.1 Å². The molecule has 0 amide bonds. The molecule has 64 heavy (non-hydrogen) atoms. The van der Waals surface area contributed by atoms with Crippen LogP contribution in [0, 0.1) is 11.8 Å². The summed E-state index contributed by atoms with van der Waals surface area (Å²) in [7, 11) is -0.739. The number of hydrogen-bond acceptors (Lipinski definition) is 6. The molecule has 0 radical (unpaired) electrons. The zero-order valence-corrected chi connectivity index (χ0v) is 38.1. The molecule has 8 heteroatoms. The van der Waals surface area contributed by atoms with Crippen molar-refractivity contribution in [3.63, 3.8) is 0 Å². The van der Waals surface area contributed by atoms with E-state index >= 15 is 0 Å². The first-order chi connectivity index (χ1) is 31.5. The molecule has 0 saturated heterocycles. The van der Waals surface area contributed by atoms with Crippen LogP contribution in [0.4, 0.5) is 0 Å². The predicted molar refractivity (Wildman–Crippen MR) is 255 cm³/mol. The Morgan fingerprint density at radius 3 is 1.45 bits per heavy atom. The summed E-state index contributed by atoms with van der Waals surface area (Å²) in [5.74, 6) is 2.26. The van der Waals surface area contributed by atoms with Crippen molar-refractivity contribution in [2.45, 2.75) is 119 Å². The number of carbonyl (C=O) groups excluding carboxylic acids is 2. The first-order valence-electron chi connectivity index (χ1n) is 23.2. The van der Waals surface area contributed by atoms with Crippen LogP contribution in [0.2, 0.25) is 0 Å². The average molecular weight is 891 g/mol. The molecule has 3 aliphatic carbocycles. The Kier molecular flexibility index (Phi) is 14.7. The van der Waals surface area contributed by atoms with Crippen LogP contribution in [-0.4, -0.2) is 37.4 Å². The molecule has 5 atom stereocenters. The molecule has 328 valence electrons. The second-order valence-corrected chi connectivity index (χ2v) is 21.3. The van der Waals surface area contributed by atoms with Gasteiger partial charge in [-0.2, -0.15) is 0 Å². The Bertz CT molecular complexity index is 2420. The first kappa shape index (κ1) is 43.8. The summed E-state index contributed by atoms with van der Waals surface area (Å²) < 4.78 is 23.4. The van der Waals surface area contributed by atoms with Crippen LogP contribution >= 0.6 is 0 Å². The SMILES string of the molecule is O=C(COc1ccc([S+](c2ccccc2)c2cccc(-c3ccc([S+](c4ccccc4)c4ccc(OCC(=O)OC5CCC6CCCCC6C5)cc4)cc3)c2)cc1)OC1CCCCC1. The first-order valence-corrected chi connectivity index (χ1v) is 25.6. The number of esters is 2. The zero-order chi connectivity index (χ0) is 43.5. The second-order valence-electron chi connectivity index (χ2n) is 17.3. The van der Waals surface area contributed by atoms with Gasteiger partial charge in [0.05, 0.1) is 21.8 Å². The minimum Gasteiger partial charge on any atom is -0.482 e. The van der Waals surface area contributed by atoms with E-state index < -0.39 is 0 Å². The highest BCUT2D eigenvalue weighted by Gasteiger charge is 2.34. The van der Waals surface area contributed by atoms with Gasteiger partial charge in [0.2, 0.25) is 0 Å². The average Bonchev–Trinajstić information content (AvgIpc) is 3.35. The molecule has 3 aliphatic rings. The molecule has 0 spiro atoms. The maximum atomic E-state index is 12.8. The minimum absolute atomic E-state index is 0.0196. The summed E-state index contributed by atoms with van der Waals surface area (Å²) in [6.45, 7) is -0.167. The van der Waals surface area contributed by atoms with Crippen molar-refractivity contribution < 1.29 is 28.5 Å². The summed E-state index contributed by atoms with van der Waals surface area (Å²) in [5, 5.41) is 0. The number of benzene rings is 6. The fraction of sp³-hybridized carbons (Fsp3) is 0.321. The van der Waals surface area contributed by atoms with Crippen LogP contribution in [0.5, 0.6) is 11.5 Å². The maximum Gasteiger partial charge on any atom is 0.344 e. The van der Waals surface area contributed by atoms with Crippen LogP contribution in [0.3, 0.4) is 0 Å². The van der Waals surface area contributed by atoms with Gasteiger partial charge in [0.15, 0.2) is 42.6 Å². The fourth-order valence-corrected chi connectivity index (χ4v) is 13.9. The van der Waals surface area contributed by atoms with Crippen molar-refractivity contribution in [3.8, 4) is 22.6 Å². The fourth-order valence-electron chi connectivity index (χ4n) is 9.70. The van der Waals surface area contributed by atoms with E-state index in [1.165, 1.54) is 63.0 Å². The Morgan fingerprint density at radius 2 is 0.875 bits per heavy atom. The van der Waals surface area contributed by atoms with E-state index in [4.69, 9.17) is 18.9 Å². The van der Waals surface area contributed by atoms with Crippen LogP contribution in [0.15, 0.2) is 187 Å². The van der Waals surface area contributed by atoms with Gasteiger partial charge in [0, 0.05) is 6.07 Å². The number of ether oxygens (including phenoxy) is 4. The molecule has 6 aromatic carbocycles. The van der Waals surface area contributed by atoms with E-state index in [2.05, 4.69) is 133 Å². The van der Waals surface area contributed by atoms with Gasteiger partial charge in [0.1, 0.15) is 23.7 Å². The maximum absolute atomic E-state index is 12.8. The standard InChI is InChI=1S/C56H58O6S2/c57-55(61-47-16-4-1-5-17-47)39-59-46-29-35-53(36-30-46)64(50-20-8-3-9-21-50)54-22-12-15-44(38-54)42-24-31-51(32-25-42)63(49-18-6-2-7-19-49)52-33-27-45(28-34-52)60-40-56(58)62-48-26-23-41-13-10-11-14-43(41)37-48/h2-3,6-9,12,15,18-22,24-25,27-36,38,41,43,47-48H,1,4-5,10-11,13-14,16-17,23,26,37,39-40H2/q+2. The molecular formula is C56H58O6S2+2. The summed E-state index contributed by atoms with van der Waals surface area (Å²) in [5.41, 5.74) is 2.29. The van der Waals surface area contributed by atoms with E-state index in [1.54, 1.807) is 0 Å². The highest BCUT2D eigenvalue weighted by molar-refractivity contribution is 7.97. The molecule has 0 aliphatic heterocycles.